The summed E-state index contributed by atoms with van der Waals surface area (Å²) in [5.41, 5.74) is 1.45. The molecule has 1 atom stereocenters. The van der Waals surface area contributed by atoms with Crippen molar-refractivity contribution in [2.75, 3.05) is 25.9 Å². The van der Waals surface area contributed by atoms with Crippen LogP contribution < -0.4 is 0 Å². The van der Waals surface area contributed by atoms with Crippen molar-refractivity contribution in [3.8, 4) is 11.4 Å². The summed E-state index contributed by atoms with van der Waals surface area (Å²) >= 11 is 1.22. The number of likely N-dealkylation sites (tertiary alicyclic amines) is 1. The van der Waals surface area contributed by atoms with Crippen molar-refractivity contribution in [1.82, 2.24) is 19.9 Å². The first-order chi connectivity index (χ1) is 14.1. The number of thioether (sulfide) groups is 1. The molecule has 1 aromatic heterocycles. The molecular weight excluding hydrogens is 404 g/mol. The summed E-state index contributed by atoms with van der Waals surface area (Å²) in [5, 5.41) is 4.36. The number of carbonyl (C=O) groups is 2. The van der Waals surface area contributed by atoms with Crippen molar-refractivity contribution < 1.29 is 18.8 Å². The van der Waals surface area contributed by atoms with Gasteiger partial charge in [-0.25, -0.2) is 4.79 Å². The van der Waals surface area contributed by atoms with E-state index in [2.05, 4.69) is 10.1 Å². The normalized spacial score (nSPS) is 16.6. The molecule has 0 spiro atoms. The van der Waals surface area contributed by atoms with Crippen molar-refractivity contribution >= 4 is 23.8 Å². The van der Waals surface area contributed by atoms with Gasteiger partial charge in [0.1, 0.15) is 5.60 Å². The van der Waals surface area contributed by atoms with E-state index >= 15 is 0 Å². The second-order valence-corrected chi connectivity index (χ2v) is 9.34. The summed E-state index contributed by atoms with van der Waals surface area (Å²) in [6.45, 7) is 8.61. The number of amides is 2. The van der Waals surface area contributed by atoms with Gasteiger partial charge in [-0.2, -0.15) is 4.98 Å². The average Bonchev–Trinajstić information content (AvgIpc) is 3.34. The molecule has 1 aromatic carbocycles. The van der Waals surface area contributed by atoms with Gasteiger partial charge in [0.25, 0.3) is 5.22 Å². The summed E-state index contributed by atoms with van der Waals surface area (Å²) in [6, 6.07) is 7.79. The summed E-state index contributed by atoms with van der Waals surface area (Å²) in [7, 11) is 1.72. The molecule has 30 heavy (non-hydrogen) atoms. The van der Waals surface area contributed by atoms with Crippen LogP contribution in [0.25, 0.3) is 11.4 Å². The summed E-state index contributed by atoms with van der Waals surface area (Å²) in [4.78, 5) is 32.5. The number of hydrogen-bond acceptors (Lipinski definition) is 7. The molecule has 8 nitrogen and oxygen atoms in total. The Bertz CT molecular complexity index is 908. The molecule has 9 heteroatoms. The molecule has 1 saturated heterocycles. The maximum atomic E-state index is 12.6. The van der Waals surface area contributed by atoms with Crippen LogP contribution in [0.2, 0.25) is 0 Å². The highest BCUT2D eigenvalue weighted by Gasteiger charge is 2.33. The molecule has 1 aliphatic heterocycles. The Morgan fingerprint density at radius 1 is 1.37 bits per heavy atom. The van der Waals surface area contributed by atoms with E-state index in [1.165, 1.54) is 11.8 Å². The van der Waals surface area contributed by atoms with Gasteiger partial charge in [0.15, 0.2) is 0 Å². The SMILES string of the molecule is Cc1cccc(-c2noc(SCC(=O)N3CCC(N(C)C(=O)OC(C)(C)C)C3)n2)c1. The van der Waals surface area contributed by atoms with Crippen molar-refractivity contribution in [2.45, 2.75) is 51.0 Å². The van der Waals surface area contributed by atoms with E-state index in [1.54, 1.807) is 16.8 Å². The first kappa shape index (κ1) is 22.1. The molecule has 0 N–H and O–H groups in total. The molecule has 2 amide bonds. The maximum absolute atomic E-state index is 12.6. The van der Waals surface area contributed by atoms with Crippen LogP contribution in [-0.2, 0) is 9.53 Å². The number of nitrogens with zero attached hydrogens (tertiary/aromatic N) is 4. The molecule has 0 radical (unpaired) electrons. The van der Waals surface area contributed by atoms with Gasteiger partial charge in [-0.1, -0.05) is 40.7 Å². The number of rotatable bonds is 5. The topological polar surface area (TPSA) is 88.8 Å². The van der Waals surface area contributed by atoms with Crippen LogP contribution in [-0.4, -0.2) is 69.5 Å². The second kappa shape index (κ2) is 9.07. The zero-order valence-corrected chi connectivity index (χ0v) is 18.9. The number of aromatic nitrogens is 2. The largest absolute Gasteiger partial charge is 0.444 e. The van der Waals surface area contributed by atoms with Crippen molar-refractivity contribution in [2.24, 2.45) is 0 Å². The molecule has 2 aromatic rings. The number of benzene rings is 1. The van der Waals surface area contributed by atoms with Gasteiger partial charge >= 0.3 is 6.09 Å². The zero-order chi connectivity index (χ0) is 21.9. The van der Waals surface area contributed by atoms with E-state index in [0.717, 1.165) is 17.5 Å². The molecule has 1 fully saturated rings. The molecular formula is C21H28N4O4S. The van der Waals surface area contributed by atoms with Gasteiger partial charge in [-0.15, -0.1) is 0 Å². The fraction of sp³-hybridized carbons (Fsp3) is 0.524. The van der Waals surface area contributed by atoms with Crippen LogP contribution >= 0.6 is 11.8 Å². The molecule has 162 valence electrons. The fourth-order valence-corrected chi connectivity index (χ4v) is 3.82. The van der Waals surface area contributed by atoms with Gasteiger partial charge in [0, 0.05) is 25.7 Å². The summed E-state index contributed by atoms with van der Waals surface area (Å²) in [5.74, 6) is 0.697. The lowest BCUT2D eigenvalue weighted by molar-refractivity contribution is -0.127. The zero-order valence-electron chi connectivity index (χ0n) is 18.0. The number of carbonyl (C=O) groups excluding carboxylic acids is 2. The molecule has 2 heterocycles. The second-order valence-electron chi connectivity index (χ2n) is 8.42. The molecule has 0 bridgehead atoms. The van der Waals surface area contributed by atoms with Crippen LogP contribution in [0.5, 0.6) is 0 Å². The van der Waals surface area contributed by atoms with Crippen LogP contribution in [0.1, 0.15) is 32.8 Å². The first-order valence-corrected chi connectivity index (χ1v) is 10.9. The lowest BCUT2D eigenvalue weighted by atomic mass is 10.1. The Morgan fingerprint density at radius 3 is 2.83 bits per heavy atom. The van der Waals surface area contributed by atoms with Crippen molar-refractivity contribution in [1.29, 1.82) is 0 Å². The van der Waals surface area contributed by atoms with E-state index < -0.39 is 5.60 Å². The van der Waals surface area contributed by atoms with Gasteiger partial charge in [-0.05, 0) is 40.2 Å². The van der Waals surface area contributed by atoms with Crippen LogP contribution in [0.4, 0.5) is 4.79 Å². The van der Waals surface area contributed by atoms with Gasteiger partial charge in [0.05, 0.1) is 11.8 Å². The monoisotopic (exact) mass is 432 g/mol. The molecule has 3 rings (SSSR count). The smallest absolute Gasteiger partial charge is 0.410 e. The maximum Gasteiger partial charge on any atom is 0.410 e. The summed E-state index contributed by atoms with van der Waals surface area (Å²) < 4.78 is 10.7. The minimum Gasteiger partial charge on any atom is -0.444 e. The predicted octanol–water partition coefficient (Wildman–Crippen LogP) is 3.60. The first-order valence-electron chi connectivity index (χ1n) is 9.89. The number of hydrogen-bond donors (Lipinski definition) is 0. The third kappa shape index (κ3) is 5.75. The van der Waals surface area contributed by atoms with E-state index in [9.17, 15) is 9.59 Å². The molecule has 0 saturated carbocycles. The Balaban J connectivity index is 1.50. The predicted molar refractivity (Wildman–Crippen MR) is 114 cm³/mol. The lowest BCUT2D eigenvalue weighted by Crippen LogP contribution is -2.42. The van der Waals surface area contributed by atoms with Gasteiger partial charge in [-0.3, -0.25) is 4.79 Å². The third-order valence-electron chi connectivity index (χ3n) is 4.75. The van der Waals surface area contributed by atoms with Crippen molar-refractivity contribution in [3.05, 3.63) is 29.8 Å². The average molecular weight is 433 g/mol. The van der Waals surface area contributed by atoms with E-state index in [1.807, 2.05) is 52.0 Å². The minimum atomic E-state index is -0.544. The Morgan fingerprint density at radius 2 is 2.13 bits per heavy atom. The quantitative estimate of drug-likeness (QED) is 0.667. The number of aryl methyl sites for hydroxylation is 1. The van der Waals surface area contributed by atoms with E-state index in [4.69, 9.17) is 9.26 Å². The van der Waals surface area contributed by atoms with Gasteiger partial charge < -0.3 is 19.1 Å². The fourth-order valence-electron chi connectivity index (χ4n) is 3.15. The molecule has 1 unspecified atom stereocenters. The molecule has 1 aliphatic rings. The summed E-state index contributed by atoms with van der Waals surface area (Å²) in [6.07, 6.45) is 0.357. The number of ether oxygens (including phenoxy) is 1. The Hall–Kier alpha value is -2.55. The van der Waals surface area contributed by atoms with Crippen LogP contribution in [0.15, 0.2) is 34.0 Å². The Labute approximate surface area is 180 Å². The van der Waals surface area contributed by atoms with E-state index in [0.29, 0.717) is 24.1 Å². The third-order valence-corrected chi connectivity index (χ3v) is 5.55. The van der Waals surface area contributed by atoms with E-state index in [-0.39, 0.29) is 23.8 Å². The van der Waals surface area contributed by atoms with Crippen LogP contribution in [0, 0.1) is 6.92 Å². The minimum absolute atomic E-state index is 0.0182. The highest BCUT2D eigenvalue weighted by atomic mass is 32.2. The Kier molecular flexibility index (Phi) is 6.70. The van der Waals surface area contributed by atoms with Crippen LogP contribution in [0.3, 0.4) is 0 Å². The highest BCUT2D eigenvalue weighted by molar-refractivity contribution is 7.99. The van der Waals surface area contributed by atoms with Crippen molar-refractivity contribution in [3.63, 3.8) is 0 Å². The lowest BCUT2D eigenvalue weighted by Gasteiger charge is -2.28. The standard InChI is InChI=1S/C21H28N4O4S/c1-14-7-6-8-15(11-14)18-22-19(29-23-18)30-13-17(26)25-10-9-16(12-25)24(5)20(27)28-21(2,3)4/h6-8,11,16H,9-10,12-13H2,1-5H3. The molecule has 0 aliphatic carbocycles. The number of likely N-dealkylation sites (N-methyl/N-ethyl adjacent to an activating group) is 1. The highest BCUT2D eigenvalue weighted by Crippen LogP contribution is 2.24. The van der Waals surface area contributed by atoms with Gasteiger partial charge in [0.2, 0.25) is 11.7 Å².